The van der Waals surface area contributed by atoms with Crippen LogP contribution >= 0.6 is 11.6 Å². The van der Waals surface area contributed by atoms with E-state index in [-0.39, 0.29) is 6.61 Å². The number of likely N-dealkylation sites (N-methyl/N-ethyl adjacent to an activating group) is 1. The third-order valence-electron chi connectivity index (χ3n) is 1.99. The predicted molar refractivity (Wildman–Crippen MR) is 59.3 cm³/mol. The number of anilines is 1. The van der Waals surface area contributed by atoms with E-state index in [1.54, 1.807) is 12.1 Å². The molecule has 0 heterocycles. The van der Waals surface area contributed by atoms with E-state index in [9.17, 15) is 0 Å². The molecule has 78 valence electrons. The standard InChI is InChI=1S/C10H15ClN2O/c1-13(4-5-14)7-8-6-9(12)2-3-10(8)11/h2-3,6,14H,4-5,7,12H2,1H3. The van der Waals surface area contributed by atoms with E-state index < -0.39 is 0 Å². The molecule has 0 aliphatic carbocycles. The Morgan fingerprint density at radius 1 is 1.50 bits per heavy atom. The Hall–Kier alpha value is -0.770. The van der Waals surface area contributed by atoms with Crippen molar-refractivity contribution in [3.8, 4) is 0 Å². The van der Waals surface area contributed by atoms with Crippen LogP contribution in [0.15, 0.2) is 18.2 Å². The fourth-order valence-corrected chi connectivity index (χ4v) is 1.43. The van der Waals surface area contributed by atoms with Crippen LogP contribution in [0.4, 0.5) is 5.69 Å². The molecule has 0 aromatic heterocycles. The number of halogens is 1. The number of hydrogen-bond acceptors (Lipinski definition) is 3. The summed E-state index contributed by atoms with van der Waals surface area (Å²) >= 11 is 6.00. The number of hydrogen-bond donors (Lipinski definition) is 2. The lowest BCUT2D eigenvalue weighted by Crippen LogP contribution is -2.21. The van der Waals surface area contributed by atoms with Crippen LogP contribution in [0.5, 0.6) is 0 Å². The molecule has 0 unspecified atom stereocenters. The molecule has 0 atom stereocenters. The SMILES string of the molecule is CN(CCO)Cc1cc(N)ccc1Cl. The van der Waals surface area contributed by atoms with Gasteiger partial charge in [-0.05, 0) is 30.8 Å². The second kappa shape index (κ2) is 5.20. The highest BCUT2D eigenvalue weighted by Crippen LogP contribution is 2.19. The minimum absolute atomic E-state index is 0.149. The lowest BCUT2D eigenvalue weighted by molar-refractivity contribution is 0.217. The van der Waals surface area contributed by atoms with Gasteiger partial charge in [0.15, 0.2) is 0 Å². The van der Waals surface area contributed by atoms with Gasteiger partial charge in [-0.15, -0.1) is 0 Å². The van der Waals surface area contributed by atoms with E-state index >= 15 is 0 Å². The molecule has 1 aromatic rings. The fourth-order valence-electron chi connectivity index (χ4n) is 1.26. The van der Waals surface area contributed by atoms with Gasteiger partial charge >= 0.3 is 0 Å². The Balaban J connectivity index is 2.70. The summed E-state index contributed by atoms with van der Waals surface area (Å²) in [6.45, 7) is 1.48. The minimum Gasteiger partial charge on any atom is -0.399 e. The number of aliphatic hydroxyl groups excluding tert-OH is 1. The van der Waals surface area contributed by atoms with E-state index in [2.05, 4.69) is 0 Å². The highest BCUT2D eigenvalue weighted by Gasteiger charge is 2.04. The van der Waals surface area contributed by atoms with E-state index in [0.717, 1.165) is 5.56 Å². The summed E-state index contributed by atoms with van der Waals surface area (Å²) in [7, 11) is 1.93. The summed E-state index contributed by atoms with van der Waals surface area (Å²) in [5, 5.41) is 9.45. The van der Waals surface area contributed by atoms with E-state index in [1.807, 2.05) is 18.0 Å². The molecule has 0 bridgehead atoms. The summed E-state index contributed by atoms with van der Waals surface area (Å²) in [6.07, 6.45) is 0. The highest BCUT2D eigenvalue weighted by atomic mass is 35.5. The van der Waals surface area contributed by atoms with Crippen molar-refractivity contribution in [2.45, 2.75) is 6.54 Å². The molecule has 0 fully saturated rings. The highest BCUT2D eigenvalue weighted by molar-refractivity contribution is 6.31. The average Bonchev–Trinajstić information content (AvgIpc) is 2.12. The van der Waals surface area contributed by atoms with Crippen LogP contribution in [-0.2, 0) is 6.54 Å². The normalized spacial score (nSPS) is 10.9. The molecule has 1 rings (SSSR count). The van der Waals surface area contributed by atoms with Gasteiger partial charge in [0, 0.05) is 23.8 Å². The third kappa shape index (κ3) is 3.18. The Kier molecular flexibility index (Phi) is 4.20. The quantitative estimate of drug-likeness (QED) is 0.744. The number of nitrogens with zero attached hydrogens (tertiary/aromatic N) is 1. The van der Waals surface area contributed by atoms with Gasteiger partial charge in [0.25, 0.3) is 0 Å². The molecule has 0 saturated heterocycles. The van der Waals surface area contributed by atoms with Crippen molar-refractivity contribution in [2.24, 2.45) is 0 Å². The summed E-state index contributed by atoms with van der Waals surface area (Å²) < 4.78 is 0. The van der Waals surface area contributed by atoms with Crippen molar-refractivity contribution in [3.63, 3.8) is 0 Å². The topological polar surface area (TPSA) is 49.5 Å². The van der Waals surface area contributed by atoms with E-state index in [1.165, 1.54) is 0 Å². The molecule has 3 nitrogen and oxygen atoms in total. The number of aliphatic hydroxyl groups is 1. The first-order valence-electron chi connectivity index (χ1n) is 4.47. The van der Waals surface area contributed by atoms with Crippen LogP contribution in [0.2, 0.25) is 5.02 Å². The first-order chi connectivity index (χ1) is 6.63. The molecular formula is C10H15ClN2O. The van der Waals surface area contributed by atoms with Crippen molar-refractivity contribution < 1.29 is 5.11 Å². The summed E-state index contributed by atoms with van der Waals surface area (Å²) in [4.78, 5) is 1.99. The maximum Gasteiger partial charge on any atom is 0.0558 e. The second-order valence-electron chi connectivity index (χ2n) is 3.31. The maximum absolute atomic E-state index is 8.74. The van der Waals surface area contributed by atoms with E-state index in [0.29, 0.717) is 23.8 Å². The molecule has 0 spiro atoms. The van der Waals surface area contributed by atoms with Crippen LogP contribution < -0.4 is 5.73 Å². The van der Waals surface area contributed by atoms with Crippen molar-refractivity contribution in [2.75, 3.05) is 25.9 Å². The number of rotatable bonds is 4. The van der Waals surface area contributed by atoms with Crippen LogP contribution in [0.3, 0.4) is 0 Å². The van der Waals surface area contributed by atoms with Gasteiger partial charge in [-0.3, -0.25) is 4.90 Å². The van der Waals surface area contributed by atoms with Crippen molar-refractivity contribution in [3.05, 3.63) is 28.8 Å². The Morgan fingerprint density at radius 3 is 2.86 bits per heavy atom. The molecule has 0 radical (unpaired) electrons. The summed E-state index contributed by atoms with van der Waals surface area (Å²) in [5.41, 5.74) is 7.35. The monoisotopic (exact) mass is 214 g/mol. The van der Waals surface area contributed by atoms with Gasteiger partial charge in [-0.1, -0.05) is 11.6 Å². The van der Waals surface area contributed by atoms with Crippen LogP contribution in [0.1, 0.15) is 5.56 Å². The lowest BCUT2D eigenvalue weighted by Gasteiger charge is -2.16. The molecular weight excluding hydrogens is 200 g/mol. The van der Waals surface area contributed by atoms with E-state index in [4.69, 9.17) is 22.4 Å². The third-order valence-corrected chi connectivity index (χ3v) is 2.36. The first kappa shape index (κ1) is 11.3. The predicted octanol–water partition coefficient (Wildman–Crippen LogP) is 1.35. The van der Waals surface area contributed by atoms with Crippen molar-refractivity contribution >= 4 is 17.3 Å². The van der Waals surface area contributed by atoms with Gasteiger partial charge in [-0.2, -0.15) is 0 Å². The Bertz CT molecular complexity index is 304. The molecule has 0 saturated carbocycles. The first-order valence-corrected chi connectivity index (χ1v) is 4.84. The summed E-state index contributed by atoms with van der Waals surface area (Å²) in [5.74, 6) is 0. The second-order valence-corrected chi connectivity index (χ2v) is 3.72. The van der Waals surface area contributed by atoms with Crippen molar-refractivity contribution in [1.82, 2.24) is 4.90 Å². The van der Waals surface area contributed by atoms with Gasteiger partial charge in [0.1, 0.15) is 0 Å². The molecule has 14 heavy (non-hydrogen) atoms. The Morgan fingerprint density at radius 2 is 2.21 bits per heavy atom. The zero-order valence-corrected chi connectivity index (χ0v) is 8.96. The minimum atomic E-state index is 0.149. The molecule has 0 aliphatic rings. The lowest BCUT2D eigenvalue weighted by atomic mass is 10.2. The molecule has 3 N–H and O–H groups in total. The van der Waals surface area contributed by atoms with Gasteiger partial charge in [0.2, 0.25) is 0 Å². The zero-order valence-electron chi connectivity index (χ0n) is 8.20. The van der Waals surface area contributed by atoms with Gasteiger partial charge in [0.05, 0.1) is 6.61 Å². The smallest absolute Gasteiger partial charge is 0.0558 e. The van der Waals surface area contributed by atoms with Crippen LogP contribution in [-0.4, -0.2) is 30.2 Å². The van der Waals surface area contributed by atoms with Gasteiger partial charge < -0.3 is 10.8 Å². The van der Waals surface area contributed by atoms with Crippen LogP contribution in [0.25, 0.3) is 0 Å². The Labute approximate surface area is 89.1 Å². The molecule has 0 amide bonds. The molecule has 4 heteroatoms. The number of nitrogens with two attached hydrogens (primary N) is 1. The largest absolute Gasteiger partial charge is 0.399 e. The van der Waals surface area contributed by atoms with Crippen LogP contribution in [0, 0.1) is 0 Å². The van der Waals surface area contributed by atoms with Crippen molar-refractivity contribution in [1.29, 1.82) is 0 Å². The average molecular weight is 215 g/mol. The molecule has 0 aliphatic heterocycles. The maximum atomic E-state index is 8.74. The molecule has 1 aromatic carbocycles. The zero-order chi connectivity index (χ0) is 10.6. The summed E-state index contributed by atoms with van der Waals surface area (Å²) in [6, 6.07) is 5.42. The number of benzene rings is 1. The fraction of sp³-hybridized carbons (Fsp3) is 0.400. The van der Waals surface area contributed by atoms with Gasteiger partial charge in [-0.25, -0.2) is 0 Å². The number of nitrogen functional groups attached to an aromatic ring is 1.